The van der Waals surface area contributed by atoms with Gasteiger partial charge in [0.15, 0.2) is 0 Å². The van der Waals surface area contributed by atoms with Crippen LogP contribution in [0.2, 0.25) is 0 Å². The molecule has 0 radical (unpaired) electrons. The molecule has 1 aromatic carbocycles. The van der Waals surface area contributed by atoms with Crippen LogP contribution in [0.25, 0.3) is 0 Å². The number of carbonyl (C=O) groups excluding carboxylic acids is 2. The van der Waals surface area contributed by atoms with Crippen molar-refractivity contribution in [1.82, 2.24) is 10.6 Å². The van der Waals surface area contributed by atoms with E-state index in [9.17, 15) is 22.8 Å². The smallest absolute Gasteiger partial charge is 0.404 e. The number of halogens is 3. The molecule has 0 aromatic heterocycles. The molecule has 7 nitrogen and oxygen atoms in total. The van der Waals surface area contributed by atoms with Gasteiger partial charge in [0.25, 0.3) is 0 Å². The van der Waals surface area contributed by atoms with E-state index in [1.165, 1.54) is 6.92 Å². The molecule has 0 saturated heterocycles. The minimum absolute atomic E-state index is 0.119. The highest BCUT2D eigenvalue weighted by Gasteiger charge is 2.32. The second-order valence-electron chi connectivity index (χ2n) is 4.23. The molecule has 0 heterocycles. The third-order valence-corrected chi connectivity index (χ3v) is 2.37. The van der Waals surface area contributed by atoms with Crippen molar-refractivity contribution in [3.05, 3.63) is 23.8 Å². The fourth-order valence-corrected chi connectivity index (χ4v) is 1.50. The summed E-state index contributed by atoms with van der Waals surface area (Å²) < 4.78 is 40.2. The van der Waals surface area contributed by atoms with Crippen LogP contribution in [0.5, 0.6) is 5.75 Å². The molecule has 10 heteroatoms. The number of anilines is 1. The highest BCUT2D eigenvalue weighted by molar-refractivity contribution is 5.89. The Morgan fingerprint density at radius 3 is 2.48 bits per heavy atom. The molecule has 0 saturated carbocycles. The van der Waals surface area contributed by atoms with Gasteiger partial charge >= 0.3 is 12.4 Å². The zero-order valence-electron chi connectivity index (χ0n) is 12.0. The predicted molar refractivity (Wildman–Crippen MR) is 73.5 cm³/mol. The van der Waals surface area contributed by atoms with Gasteiger partial charge < -0.3 is 20.7 Å². The van der Waals surface area contributed by atoms with Gasteiger partial charge in [-0.05, 0) is 18.2 Å². The average molecular weight is 330 g/mol. The number of carbonyl (C=O) groups is 2. The van der Waals surface area contributed by atoms with E-state index in [-0.39, 0.29) is 30.2 Å². The zero-order chi connectivity index (χ0) is 17.5. The van der Waals surface area contributed by atoms with E-state index in [0.717, 1.165) is 18.2 Å². The van der Waals surface area contributed by atoms with Crippen molar-refractivity contribution in [2.45, 2.75) is 13.3 Å². The van der Waals surface area contributed by atoms with E-state index in [0.29, 0.717) is 0 Å². The van der Waals surface area contributed by atoms with Crippen LogP contribution in [0.3, 0.4) is 0 Å². The number of benzene rings is 1. The summed E-state index contributed by atoms with van der Waals surface area (Å²) in [4.78, 5) is 22.2. The quantitative estimate of drug-likeness (QED) is 0.715. The number of ether oxygens (including phenoxy) is 1. The van der Waals surface area contributed by atoms with Crippen LogP contribution in [0.4, 0.5) is 23.7 Å². The molecular formula is C13H13F3N4O3. The third-order valence-electron chi connectivity index (χ3n) is 2.37. The second-order valence-corrected chi connectivity index (χ2v) is 4.23. The van der Waals surface area contributed by atoms with Crippen LogP contribution in [0.15, 0.2) is 18.2 Å². The summed E-state index contributed by atoms with van der Waals surface area (Å²) in [7, 11) is 0. The van der Waals surface area contributed by atoms with Crippen molar-refractivity contribution in [1.29, 1.82) is 5.26 Å². The number of hydrogen-bond donors (Lipinski definition) is 3. The Kier molecular flexibility index (Phi) is 6.20. The average Bonchev–Trinajstić information content (AvgIpc) is 2.43. The molecule has 0 atom stereocenters. The van der Waals surface area contributed by atoms with Crippen molar-refractivity contribution < 1.29 is 27.5 Å². The molecule has 0 aliphatic rings. The molecule has 0 bridgehead atoms. The second kappa shape index (κ2) is 7.88. The fourth-order valence-electron chi connectivity index (χ4n) is 1.50. The number of amides is 3. The zero-order valence-corrected chi connectivity index (χ0v) is 12.0. The number of alkyl halides is 3. The largest absolute Gasteiger partial charge is 0.573 e. The number of nitrogens with zero attached hydrogens (tertiary/aromatic N) is 1. The Morgan fingerprint density at radius 1 is 1.26 bits per heavy atom. The van der Waals surface area contributed by atoms with E-state index in [1.807, 2.05) is 0 Å². The van der Waals surface area contributed by atoms with E-state index < -0.39 is 18.1 Å². The topological polar surface area (TPSA) is 103 Å². The number of urea groups is 1. The van der Waals surface area contributed by atoms with Crippen molar-refractivity contribution in [3.8, 4) is 11.8 Å². The lowest BCUT2D eigenvalue weighted by atomic mass is 10.2. The van der Waals surface area contributed by atoms with Gasteiger partial charge in [-0.2, -0.15) is 5.26 Å². The predicted octanol–water partition coefficient (Wildman–Crippen LogP) is 1.71. The number of hydrogen-bond acceptors (Lipinski definition) is 4. The van der Waals surface area contributed by atoms with Crippen molar-refractivity contribution in [3.63, 3.8) is 0 Å². The summed E-state index contributed by atoms with van der Waals surface area (Å²) in [5.74, 6) is -0.900. The molecule has 0 aliphatic heterocycles. The molecule has 3 N–H and O–H groups in total. The Bertz CT molecular complexity index is 626. The van der Waals surface area contributed by atoms with Crippen LogP contribution in [0, 0.1) is 11.3 Å². The Balaban J connectivity index is 2.63. The molecule has 23 heavy (non-hydrogen) atoms. The van der Waals surface area contributed by atoms with Gasteiger partial charge in [0.2, 0.25) is 5.91 Å². The van der Waals surface area contributed by atoms with Crippen LogP contribution >= 0.6 is 0 Å². The number of nitriles is 1. The number of rotatable bonds is 5. The van der Waals surface area contributed by atoms with E-state index in [2.05, 4.69) is 20.7 Å². The molecule has 1 rings (SSSR count). The van der Waals surface area contributed by atoms with Crippen LogP contribution in [0.1, 0.15) is 12.5 Å². The van der Waals surface area contributed by atoms with Crippen molar-refractivity contribution in [2.75, 3.05) is 18.4 Å². The Hall–Kier alpha value is -2.96. The first kappa shape index (κ1) is 18.1. The number of nitrogens with one attached hydrogen (secondary N) is 3. The molecule has 0 fully saturated rings. The van der Waals surface area contributed by atoms with Gasteiger partial charge in [0.1, 0.15) is 11.8 Å². The van der Waals surface area contributed by atoms with Crippen LogP contribution < -0.4 is 20.7 Å². The van der Waals surface area contributed by atoms with Gasteiger partial charge in [0.05, 0.1) is 5.56 Å². The standard InChI is InChI=1S/C13H13F3N4O3/c1-8(21)18-4-5-19-12(22)20-10-2-3-11(9(6-10)7-17)23-13(14,15)16/h2-3,6H,4-5H2,1H3,(H,18,21)(H2,19,20,22). The maximum Gasteiger partial charge on any atom is 0.573 e. The monoisotopic (exact) mass is 330 g/mol. The molecule has 0 spiro atoms. The van der Waals surface area contributed by atoms with E-state index >= 15 is 0 Å². The maximum absolute atomic E-state index is 12.2. The fraction of sp³-hybridized carbons (Fsp3) is 0.308. The maximum atomic E-state index is 12.2. The molecule has 0 unspecified atom stereocenters. The third kappa shape index (κ3) is 7.03. The molecular weight excluding hydrogens is 317 g/mol. The van der Waals surface area contributed by atoms with Gasteiger partial charge in [-0.25, -0.2) is 4.79 Å². The summed E-state index contributed by atoms with van der Waals surface area (Å²) in [5, 5.41) is 16.1. The van der Waals surface area contributed by atoms with Gasteiger partial charge in [0, 0.05) is 25.7 Å². The summed E-state index contributed by atoms with van der Waals surface area (Å²) in [6.45, 7) is 1.71. The minimum Gasteiger partial charge on any atom is -0.404 e. The highest BCUT2D eigenvalue weighted by atomic mass is 19.4. The lowest BCUT2D eigenvalue weighted by Gasteiger charge is -2.12. The first-order valence-electron chi connectivity index (χ1n) is 6.30. The van der Waals surface area contributed by atoms with Crippen molar-refractivity contribution >= 4 is 17.6 Å². The first-order valence-corrected chi connectivity index (χ1v) is 6.30. The molecule has 3 amide bonds. The molecule has 124 valence electrons. The summed E-state index contributed by atoms with van der Waals surface area (Å²) in [6.07, 6.45) is -4.92. The van der Waals surface area contributed by atoms with E-state index in [4.69, 9.17) is 5.26 Å². The van der Waals surface area contributed by atoms with E-state index in [1.54, 1.807) is 6.07 Å². The van der Waals surface area contributed by atoms with Crippen LogP contribution in [-0.4, -0.2) is 31.4 Å². The van der Waals surface area contributed by atoms with Gasteiger partial charge in [-0.1, -0.05) is 0 Å². The van der Waals surface area contributed by atoms with Gasteiger partial charge in [-0.3, -0.25) is 4.79 Å². The highest BCUT2D eigenvalue weighted by Crippen LogP contribution is 2.28. The minimum atomic E-state index is -4.92. The van der Waals surface area contributed by atoms with Crippen molar-refractivity contribution in [2.24, 2.45) is 0 Å². The summed E-state index contributed by atoms with van der Waals surface area (Å²) in [5.41, 5.74) is -0.258. The summed E-state index contributed by atoms with van der Waals surface area (Å²) in [6, 6.07) is 4.06. The normalized spacial score (nSPS) is 10.4. The lowest BCUT2D eigenvalue weighted by Crippen LogP contribution is -2.36. The lowest BCUT2D eigenvalue weighted by molar-refractivity contribution is -0.274. The molecule has 0 aliphatic carbocycles. The summed E-state index contributed by atoms with van der Waals surface area (Å²) >= 11 is 0. The Morgan fingerprint density at radius 2 is 1.91 bits per heavy atom. The van der Waals surface area contributed by atoms with Gasteiger partial charge in [-0.15, -0.1) is 13.2 Å². The Labute approximate surface area is 129 Å². The first-order chi connectivity index (χ1) is 10.7. The van der Waals surface area contributed by atoms with Crippen LogP contribution in [-0.2, 0) is 4.79 Å². The SMILES string of the molecule is CC(=O)NCCNC(=O)Nc1ccc(OC(F)(F)F)c(C#N)c1. The molecule has 1 aromatic rings.